The molecule has 0 aliphatic carbocycles. The van der Waals surface area contributed by atoms with Gasteiger partial charge < -0.3 is 24.2 Å². The first-order valence-corrected chi connectivity index (χ1v) is 10.9. The average Bonchev–Trinajstić information content (AvgIpc) is 2.75. The number of hydrogen-bond donors (Lipinski definition) is 2. The molecule has 1 amide bonds. The molecule has 0 saturated carbocycles. The Morgan fingerprint density at radius 2 is 2.00 bits per heavy atom. The van der Waals surface area contributed by atoms with E-state index in [4.69, 9.17) is 14.2 Å². The van der Waals surface area contributed by atoms with Crippen molar-refractivity contribution in [3.8, 4) is 5.75 Å². The van der Waals surface area contributed by atoms with Crippen LogP contribution in [0.1, 0.15) is 6.42 Å². The van der Waals surface area contributed by atoms with Crippen LogP contribution in [0.3, 0.4) is 0 Å². The smallest absolute Gasteiger partial charge is 0.244 e. The molecule has 0 bridgehead atoms. The molecule has 9 nitrogen and oxygen atoms in total. The Bertz CT molecular complexity index is 837. The number of sulfonamides is 1. The van der Waals surface area contributed by atoms with E-state index in [0.29, 0.717) is 26.3 Å². The maximum atomic E-state index is 12.8. The zero-order valence-corrected chi connectivity index (χ0v) is 17.0. The van der Waals surface area contributed by atoms with Crippen LogP contribution in [0.15, 0.2) is 41.3 Å². The van der Waals surface area contributed by atoms with Gasteiger partial charge in [-0.15, -0.1) is 0 Å². The van der Waals surface area contributed by atoms with E-state index in [0.717, 1.165) is 0 Å². The molecule has 160 valence electrons. The Labute approximate surface area is 170 Å². The quantitative estimate of drug-likeness (QED) is 0.586. The van der Waals surface area contributed by atoms with Crippen LogP contribution in [0.25, 0.3) is 0 Å². The molecule has 1 aromatic rings. The van der Waals surface area contributed by atoms with Crippen LogP contribution < -0.4 is 9.46 Å². The lowest BCUT2D eigenvalue weighted by molar-refractivity contribution is -0.139. The Morgan fingerprint density at radius 3 is 2.69 bits per heavy atom. The minimum absolute atomic E-state index is 0.00258. The number of para-hydroxylation sites is 1. The van der Waals surface area contributed by atoms with Gasteiger partial charge in [0.2, 0.25) is 15.9 Å². The number of carbonyl (C=O) groups excluding carboxylic acids is 1. The van der Waals surface area contributed by atoms with Gasteiger partial charge in [0.15, 0.2) is 0 Å². The number of nitrogens with zero attached hydrogens (tertiary/aromatic N) is 1. The third-order valence-corrected chi connectivity index (χ3v) is 6.35. The molecular weight excluding hydrogens is 400 g/mol. The Hall–Kier alpha value is -1.98. The van der Waals surface area contributed by atoms with Gasteiger partial charge >= 0.3 is 0 Å². The summed E-state index contributed by atoms with van der Waals surface area (Å²) in [6, 6.07) is 5.49. The van der Waals surface area contributed by atoms with Gasteiger partial charge in [0.05, 0.1) is 45.5 Å². The number of morpholine rings is 1. The zero-order valence-electron chi connectivity index (χ0n) is 16.2. The number of hydrogen-bond acceptors (Lipinski definition) is 7. The van der Waals surface area contributed by atoms with Crippen LogP contribution >= 0.6 is 0 Å². The highest BCUT2D eigenvalue weighted by atomic mass is 32.2. The van der Waals surface area contributed by atoms with E-state index in [9.17, 15) is 18.3 Å². The fourth-order valence-corrected chi connectivity index (χ4v) is 4.70. The fourth-order valence-electron chi connectivity index (χ4n) is 3.31. The molecular formula is C19H26N2O7S. The maximum absolute atomic E-state index is 12.8. The van der Waals surface area contributed by atoms with Gasteiger partial charge in [-0.25, -0.2) is 13.1 Å². The molecule has 0 unspecified atom stereocenters. The number of aliphatic hydroxyl groups excluding tert-OH is 1. The lowest BCUT2D eigenvalue weighted by Crippen LogP contribution is -2.49. The Balaban J connectivity index is 1.67. The predicted octanol–water partition coefficient (Wildman–Crippen LogP) is -0.0931. The van der Waals surface area contributed by atoms with Gasteiger partial charge in [0.25, 0.3) is 0 Å². The van der Waals surface area contributed by atoms with Crippen LogP contribution in [0.4, 0.5) is 0 Å². The highest BCUT2D eigenvalue weighted by molar-refractivity contribution is 7.89. The molecule has 2 aliphatic rings. The molecule has 3 atom stereocenters. The number of carbonyl (C=O) groups is 1. The fraction of sp³-hybridized carbons (Fsp3) is 0.526. The Kier molecular flexibility index (Phi) is 7.25. The zero-order chi connectivity index (χ0) is 20.9. The molecule has 0 aromatic heterocycles. The topological polar surface area (TPSA) is 114 Å². The highest BCUT2D eigenvalue weighted by Crippen LogP contribution is 2.24. The monoisotopic (exact) mass is 426 g/mol. The Morgan fingerprint density at radius 1 is 1.28 bits per heavy atom. The number of amides is 1. The second-order valence-corrected chi connectivity index (χ2v) is 8.46. The molecule has 2 aliphatic heterocycles. The maximum Gasteiger partial charge on any atom is 0.244 e. The minimum Gasteiger partial charge on any atom is -0.495 e. The van der Waals surface area contributed by atoms with Crippen molar-refractivity contribution in [3.05, 3.63) is 36.4 Å². The standard InChI is InChI=1S/C19H26N2O7S/c1-26-16-4-2-3-5-18(16)29(24,25)20-15-7-6-14(28-17(15)13-22)12-19(23)21-8-10-27-11-9-21/h2-7,14-15,17,20,22H,8-13H2,1H3/t14-,15-,17+/m0/s1. The van der Waals surface area contributed by atoms with Gasteiger partial charge in [-0.3, -0.25) is 4.79 Å². The van der Waals surface area contributed by atoms with Crippen molar-refractivity contribution in [2.24, 2.45) is 0 Å². The van der Waals surface area contributed by atoms with E-state index in [1.54, 1.807) is 35.3 Å². The number of methoxy groups -OCH3 is 1. The van der Waals surface area contributed by atoms with Gasteiger partial charge in [0, 0.05) is 13.1 Å². The van der Waals surface area contributed by atoms with Gasteiger partial charge in [-0.2, -0.15) is 0 Å². The minimum atomic E-state index is -3.91. The number of benzene rings is 1. The van der Waals surface area contributed by atoms with E-state index >= 15 is 0 Å². The van der Waals surface area contributed by atoms with E-state index in [-0.39, 0.29) is 23.0 Å². The van der Waals surface area contributed by atoms with Crippen molar-refractivity contribution in [3.63, 3.8) is 0 Å². The van der Waals surface area contributed by atoms with E-state index in [2.05, 4.69) is 4.72 Å². The van der Waals surface area contributed by atoms with E-state index < -0.39 is 34.9 Å². The lowest BCUT2D eigenvalue weighted by atomic mass is 10.1. The number of aliphatic hydroxyl groups is 1. The van der Waals surface area contributed by atoms with Crippen molar-refractivity contribution >= 4 is 15.9 Å². The lowest BCUT2D eigenvalue weighted by Gasteiger charge is -2.33. The second kappa shape index (κ2) is 9.68. The molecule has 10 heteroatoms. The largest absolute Gasteiger partial charge is 0.495 e. The predicted molar refractivity (Wildman–Crippen MR) is 104 cm³/mol. The van der Waals surface area contributed by atoms with Gasteiger partial charge in [0.1, 0.15) is 16.7 Å². The first kappa shape index (κ1) is 21.7. The third kappa shape index (κ3) is 5.34. The first-order chi connectivity index (χ1) is 13.9. The van der Waals surface area contributed by atoms with Crippen molar-refractivity contribution in [1.29, 1.82) is 0 Å². The first-order valence-electron chi connectivity index (χ1n) is 9.40. The van der Waals surface area contributed by atoms with Crippen molar-refractivity contribution in [2.75, 3.05) is 40.0 Å². The number of nitrogens with one attached hydrogen (secondary N) is 1. The molecule has 1 aromatic carbocycles. The summed E-state index contributed by atoms with van der Waals surface area (Å²) in [4.78, 5) is 14.1. The van der Waals surface area contributed by atoms with Crippen LogP contribution in [-0.4, -0.2) is 82.6 Å². The number of ether oxygens (including phenoxy) is 3. The van der Waals surface area contributed by atoms with Crippen LogP contribution in [0, 0.1) is 0 Å². The van der Waals surface area contributed by atoms with Crippen molar-refractivity contribution in [1.82, 2.24) is 9.62 Å². The van der Waals surface area contributed by atoms with E-state index in [1.807, 2.05) is 0 Å². The van der Waals surface area contributed by atoms with Gasteiger partial charge in [-0.05, 0) is 12.1 Å². The second-order valence-electron chi connectivity index (χ2n) is 6.78. The summed E-state index contributed by atoms with van der Waals surface area (Å²) in [6.45, 7) is 1.71. The van der Waals surface area contributed by atoms with Crippen LogP contribution in [-0.2, 0) is 24.3 Å². The summed E-state index contributed by atoms with van der Waals surface area (Å²) in [6.07, 6.45) is 2.05. The molecule has 3 rings (SSSR count). The summed E-state index contributed by atoms with van der Waals surface area (Å²) in [7, 11) is -2.52. The van der Waals surface area contributed by atoms with Crippen LogP contribution in [0.5, 0.6) is 5.75 Å². The summed E-state index contributed by atoms with van der Waals surface area (Å²) in [5.41, 5.74) is 0. The normalized spacial score (nSPS) is 25.0. The van der Waals surface area contributed by atoms with Crippen molar-refractivity contribution in [2.45, 2.75) is 29.6 Å². The molecule has 2 heterocycles. The molecule has 0 spiro atoms. The third-order valence-electron chi connectivity index (χ3n) is 4.85. The molecule has 1 fully saturated rings. The molecule has 2 N–H and O–H groups in total. The molecule has 0 radical (unpaired) electrons. The number of rotatable bonds is 7. The van der Waals surface area contributed by atoms with E-state index in [1.165, 1.54) is 13.2 Å². The summed E-state index contributed by atoms with van der Waals surface area (Å²) in [5, 5.41) is 9.70. The van der Waals surface area contributed by atoms with Crippen molar-refractivity contribution < 1.29 is 32.5 Å². The molecule has 1 saturated heterocycles. The average molecular weight is 426 g/mol. The highest BCUT2D eigenvalue weighted by Gasteiger charge is 2.33. The summed E-state index contributed by atoms with van der Waals surface area (Å²) >= 11 is 0. The summed E-state index contributed by atoms with van der Waals surface area (Å²) in [5.74, 6) is 0.155. The van der Waals surface area contributed by atoms with Crippen LogP contribution in [0.2, 0.25) is 0 Å². The van der Waals surface area contributed by atoms with Gasteiger partial charge in [-0.1, -0.05) is 24.3 Å². The SMILES string of the molecule is COc1ccccc1S(=O)(=O)N[C@H]1C=C[C@@H](CC(=O)N2CCOCC2)O[C@@H]1CO. The molecule has 29 heavy (non-hydrogen) atoms. The summed E-state index contributed by atoms with van der Waals surface area (Å²) < 4.78 is 44.2.